The van der Waals surface area contributed by atoms with Gasteiger partial charge >= 0.3 is 0 Å². The van der Waals surface area contributed by atoms with Crippen LogP contribution >= 0.6 is 0 Å². The normalized spacial score (nSPS) is 12.1. The van der Waals surface area contributed by atoms with Gasteiger partial charge in [0, 0.05) is 31.9 Å². The van der Waals surface area contributed by atoms with E-state index in [1.54, 1.807) is 12.1 Å². The van der Waals surface area contributed by atoms with Gasteiger partial charge in [-0.05, 0) is 31.5 Å². The highest BCUT2D eigenvalue weighted by Crippen LogP contribution is 2.25. The molecule has 6 heteroatoms. The number of aryl methyl sites for hydroxylation is 1. The number of rotatable bonds is 4. The zero-order valence-corrected chi connectivity index (χ0v) is 13.0. The molecule has 1 heterocycles. The molecule has 0 radical (unpaired) electrons. The summed E-state index contributed by atoms with van der Waals surface area (Å²) in [6, 6.07) is 6.90. The average Bonchev–Trinajstić information content (AvgIpc) is 2.79. The number of hydrogen-bond donors (Lipinski definition) is 0. The molecule has 0 unspecified atom stereocenters. The standard InChI is InChI=1S/C14H19N3O2S/c1-5-17-11(2)14(10-15-17)12-6-8-13(9-7-12)20(18,19)16(3)4/h6-10H,5H2,1-4H3. The first kappa shape index (κ1) is 14.7. The van der Waals surface area contributed by atoms with Crippen molar-refractivity contribution < 1.29 is 8.42 Å². The number of nitrogens with zero attached hydrogens (tertiary/aromatic N) is 3. The largest absolute Gasteiger partial charge is 0.270 e. The van der Waals surface area contributed by atoms with Crippen LogP contribution in [0.5, 0.6) is 0 Å². The Morgan fingerprint density at radius 2 is 1.80 bits per heavy atom. The molecule has 0 saturated carbocycles. The fourth-order valence-corrected chi connectivity index (χ4v) is 2.97. The van der Waals surface area contributed by atoms with Crippen LogP contribution in [-0.4, -0.2) is 36.6 Å². The quantitative estimate of drug-likeness (QED) is 0.867. The molecule has 20 heavy (non-hydrogen) atoms. The van der Waals surface area contributed by atoms with Crippen molar-refractivity contribution in [2.75, 3.05) is 14.1 Å². The predicted molar refractivity (Wildman–Crippen MR) is 78.9 cm³/mol. The molecule has 108 valence electrons. The smallest absolute Gasteiger partial charge is 0.242 e. The molecule has 0 amide bonds. The molecule has 0 atom stereocenters. The van der Waals surface area contributed by atoms with E-state index < -0.39 is 10.0 Å². The molecule has 0 aliphatic heterocycles. The van der Waals surface area contributed by atoms with Crippen molar-refractivity contribution in [1.29, 1.82) is 0 Å². The number of benzene rings is 1. The van der Waals surface area contributed by atoms with E-state index in [-0.39, 0.29) is 0 Å². The van der Waals surface area contributed by atoms with Gasteiger partial charge in [0.1, 0.15) is 0 Å². The summed E-state index contributed by atoms with van der Waals surface area (Å²) in [5, 5.41) is 4.30. The summed E-state index contributed by atoms with van der Waals surface area (Å²) in [5.74, 6) is 0. The van der Waals surface area contributed by atoms with Gasteiger partial charge in [0.2, 0.25) is 10.0 Å². The topological polar surface area (TPSA) is 55.2 Å². The van der Waals surface area contributed by atoms with Crippen LogP contribution < -0.4 is 0 Å². The third-order valence-corrected chi connectivity index (χ3v) is 5.18. The first-order chi connectivity index (χ1) is 9.37. The summed E-state index contributed by atoms with van der Waals surface area (Å²) in [6.45, 7) is 4.87. The highest BCUT2D eigenvalue weighted by Gasteiger charge is 2.17. The molecule has 1 aromatic heterocycles. The first-order valence-electron chi connectivity index (χ1n) is 6.43. The van der Waals surface area contributed by atoms with E-state index in [0.29, 0.717) is 4.90 Å². The molecule has 2 rings (SSSR count). The third-order valence-electron chi connectivity index (χ3n) is 3.35. The van der Waals surface area contributed by atoms with E-state index >= 15 is 0 Å². The van der Waals surface area contributed by atoms with E-state index in [4.69, 9.17) is 0 Å². The second kappa shape index (κ2) is 5.38. The predicted octanol–water partition coefficient (Wildman–Crippen LogP) is 2.13. The van der Waals surface area contributed by atoms with Gasteiger partial charge < -0.3 is 0 Å². The molecule has 0 aliphatic rings. The Labute approximate surface area is 119 Å². The van der Waals surface area contributed by atoms with Crippen molar-refractivity contribution in [2.45, 2.75) is 25.3 Å². The van der Waals surface area contributed by atoms with Crippen molar-refractivity contribution in [3.63, 3.8) is 0 Å². The molecular formula is C14H19N3O2S. The summed E-state index contributed by atoms with van der Waals surface area (Å²) in [7, 11) is -0.320. The molecule has 0 spiro atoms. The minimum atomic E-state index is -3.37. The van der Waals surface area contributed by atoms with E-state index in [2.05, 4.69) is 5.10 Å². The van der Waals surface area contributed by atoms with Crippen molar-refractivity contribution in [1.82, 2.24) is 14.1 Å². The van der Waals surface area contributed by atoms with E-state index in [1.165, 1.54) is 18.4 Å². The van der Waals surface area contributed by atoms with Crippen molar-refractivity contribution in [3.8, 4) is 11.1 Å². The first-order valence-corrected chi connectivity index (χ1v) is 7.87. The minimum Gasteiger partial charge on any atom is -0.270 e. The van der Waals surface area contributed by atoms with Crippen LogP contribution in [0.15, 0.2) is 35.4 Å². The highest BCUT2D eigenvalue weighted by molar-refractivity contribution is 7.89. The Hall–Kier alpha value is -1.66. The maximum Gasteiger partial charge on any atom is 0.242 e. The summed E-state index contributed by atoms with van der Waals surface area (Å²) in [6.07, 6.45) is 1.81. The van der Waals surface area contributed by atoms with Crippen LogP contribution in [0.4, 0.5) is 0 Å². The molecular weight excluding hydrogens is 274 g/mol. The number of sulfonamides is 1. The lowest BCUT2D eigenvalue weighted by molar-refractivity contribution is 0.521. The van der Waals surface area contributed by atoms with E-state index in [9.17, 15) is 8.42 Å². The second-order valence-corrected chi connectivity index (χ2v) is 6.92. The van der Waals surface area contributed by atoms with Gasteiger partial charge in [-0.2, -0.15) is 5.10 Å². The Kier molecular flexibility index (Phi) is 3.96. The van der Waals surface area contributed by atoms with Crippen LogP contribution in [0.2, 0.25) is 0 Å². The van der Waals surface area contributed by atoms with Crippen LogP contribution in [0.25, 0.3) is 11.1 Å². The summed E-state index contributed by atoms with van der Waals surface area (Å²) in [4.78, 5) is 0.298. The average molecular weight is 293 g/mol. The zero-order chi connectivity index (χ0) is 14.9. The molecule has 1 aromatic carbocycles. The number of hydrogen-bond acceptors (Lipinski definition) is 3. The number of aromatic nitrogens is 2. The lowest BCUT2D eigenvalue weighted by atomic mass is 10.1. The molecule has 5 nitrogen and oxygen atoms in total. The lowest BCUT2D eigenvalue weighted by Gasteiger charge is -2.11. The molecule has 0 N–H and O–H groups in total. The molecule has 2 aromatic rings. The molecule has 0 saturated heterocycles. The Morgan fingerprint density at radius 1 is 1.20 bits per heavy atom. The third kappa shape index (κ3) is 2.48. The SMILES string of the molecule is CCn1ncc(-c2ccc(S(=O)(=O)N(C)C)cc2)c1C. The van der Waals surface area contributed by atoms with Crippen LogP contribution in [0.1, 0.15) is 12.6 Å². The Balaban J connectivity index is 2.40. The van der Waals surface area contributed by atoms with Gasteiger partial charge in [-0.3, -0.25) is 4.68 Å². The van der Waals surface area contributed by atoms with Crippen LogP contribution in [-0.2, 0) is 16.6 Å². The Bertz CT molecular complexity index is 701. The monoisotopic (exact) mass is 293 g/mol. The second-order valence-electron chi connectivity index (χ2n) is 4.77. The van der Waals surface area contributed by atoms with Crippen molar-refractivity contribution >= 4 is 10.0 Å². The summed E-state index contributed by atoms with van der Waals surface area (Å²) < 4.78 is 27.1. The van der Waals surface area contributed by atoms with Crippen LogP contribution in [0, 0.1) is 6.92 Å². The molecule has 0 bridgehead atoms. The molecule has 0 fully saturated rings. The van der Waals surface area contributed by atoms with E-state index in [1.807, 2.05) is 36.9 Å². The zero-order valence-electron chi connectivity index (χ0n) is 12.2. The fraction of sp³-hybridized carbons (Fsp3) is 0.357. The van der Waals surface area contributed by atoms with Gasteiger partial charge in [-0.1, -0.05) is 12.1 Å². The van der Waals surface area contributed by atoms with E-state index in [0.717, 1.165) is 23.4 Å². The summed E-state index contributed by atoms with van der Waals surface area (Å²) in [5.41, 5.74) is 3.08. The van der Waals surface area contributed by atoms with Crippen LogP contribution in [0.3, 0.4) is 0 Å². The molecule has 0 aliphatic carbocycles. The fourth-order valence-electron chi connectivity index (χ4n) is 2.07. The van der Waals surface area contributed by atoms with Gasteiger partial charge in [0.05, 0.1) is 11.1 Å². The highest BCUT2D eigenvalue weighted by atomic mass is 32.2. The van der Waals surface area contributed by atoms with Gasteiger partial charge in [0.25, 0.3) is 0 Å². The maximum absolute atomic E-state index is 12.0. The van der Waals surface area contributed by atoms with Gasteiger partial charge in [-0.15, -0.1) is 0 Å². The Morgan fingerprint density at radius 3 is 2.25 bits per heavy atom. The lowest BCUT2D eigenvalue weighted by Crippen LogP contribution is -2.22. The van der Waals surface area contributed by atoms with Crippen molar-refractivity contribution in [2.24, 2.45) is 0 Å². The van der Waals surface area contributed by atoms with Gasteiger partial charge in [-0.25, -0.2) is 12.7 Å². The van der Waals surface area contributed by atoms with Gasteiger partial charge in [0.15, 0.2) is 0 Å². The summed E-state index contributed by atoms with van der Waals surface area (Å²) >= 11 is 0. The minimum absolute atomic E-state index is 0.298. The van der Waals surface area contributed by atoms with Crippen molar-refractivity contribution in [3.05, 3.63) is 36.2 Å². The maximum atomic E-state index is 12.0.